The third-order valence-electron chi connectivity index (χ3n) is 1.97. The van der Waals surface area contributed by atoms with E-state index in [2.05, 4.69) is 26.3 Å². The van der Waals surface area contributed by atoms with Gasteiger partial charge in [-0.2, -0.15) is 0 Å². The third kappa shape index (κ3) is 4.82. The van der Waals surface area contributed by atoms with Crippen LogP contribution in [0.3, 0.4) is 0 Å². The largest absolute Gasteiger partial charge is 0.450 e. The maximum Gasteiger partial charge on any atom is 0.333 e. The van der Waals surface area contributed by atoms with Crippen molar-refractivity contribution >= 4 is 11.9 Å². The molecule has 0 aliphatic carbocycles. The van der Waals surface area contributed by atoms with E-state index < -0.39 is 24.1 Å². The molecule has 0 saturated carbocycles. The number of rotatable bonds is 7. The van der Waals surface area contributed by atoms with Crippen LogP contribution in [0.25, 0.3) is 0 Å². The Kier molecular flexibility index (Phi) is 6.42. The number of ether oxygens (including phenoxy) is 2. The van der Waals surface area contributed by atoms with Crippen molar-refractivity contribution in [1.82, 2.24) is 0 Å². The van der Waals surface area contributed by atoms with Crippen LogP contribution in [0, 0.1) is 0 Å². The Morgan fingerprint density at radius 1 is 0.889 bits per heavy atom. The Bertz CT molecular complexity index is 355. The zero-order valence-corrected chi connectivity index (χ0v) is 10.8. The summed E-state index contributed by atoms with van der Waals surface area (Å²) in [6.45, 7) is 17.0. The highest BCUT2D eigenvalue weighted by molar-refractivity contribution is 5.88. The summed E-state index contributed by atoms with van der Waals surface area (Å²) in [6, 6.07) is 0. The molecular formula is C14H18O4. The fourth-order valence-corrected chi connectivity index (χ4v) is 0.947. The van der Waals surface area contributed by atoms with Gasteiger partial charge < -0.3 is 9.47 Å². The molecule has 4 heteroatoms. The zero-order valence-electron chi connectivity index (χ0n) is 10.8. The Morgan fingerprint density at radius 3 is 1.33 bits per heavy atom. The molecule has 4 nitrogen and oxygen atoms in total. The normalized spacial score (nSPS) is 12.8. The molecule has 0 aromatic rings. The zero-order chi connectivity index (χ0) is 14.3. The standard InChI is InChI=1S/C14H18O4/c1-7-11(17-13(15)9(3)4)12(8-2)18-14(16)10(5)6/h7-8,11-12H,1-3,5H2,4,6H3. The number of esters is 2. The van der Waals surface area contributed by atoms with Gasteiger partial charge in [-0.1, -0.05) is 26.3 Å². The first-order valence-electron chi connectivity index (χ1n) is 5.31. The topological polar surface area (TPSA) is 52.6 Å². The summed E-state index contributed by atoms with van der Waals surface area (Å²) in [4.78, 5) is 22.8. The van der Waals surface area contributed by atoms with Gasteiger partial charge in [0.25, 0.3) is 0 Å². The van der Waals surface area contributed by atoms with Crippen LogP contribution in [0.4, 0.5) is 0 Å². The molecule has 0 rings (SSSR count). The second-order valence-electron chi connectivity index (χ2n) is 3.77. The van der Waals surface area contributed by atoms with E-state index in [0.29, 0.717) is 0 Å². The summed E-state index contributed by atoms with van der Waals surface area (Å²) in [5, 5.41) is 0. The molecule has 98 valence electrons. The lowest BCUT2D eigenvalue weighted by molar-refractivity contribution is -0.155. The van der Waals surface area contributed by atoms with Crippen molar-refractivity contribution < 1.29 is 19.1 Å². The SMILES string of the molecule is C=CC(OC(=O)C(=C)C)C(C=C)OC(=O)C(=C)C. The van der Waals surface area contributed by atoms with Gasteiger partial charge in [0.2, 0.25) is 0 Å². The van der Waals surface area contributed by atoms with Crippen molar-refractivity contribution in [3.63, 3.8) is 0 Å². The lowest BCUT2D eigenvalue weighted by Gasteiger charge is -2.22. The van der Waals surface area contributed by atoms with Crippen molar-refractivity contribution in [2.24, 2.45) is 0 Å². The predicted molar refractivity (Wildman–Crippen MR) is 69.8 cm³/mol. The molecule has 0 aromatic carbocycles. The highest BCUT2D eigenvalue weighted by atomic mass is 16.6. The van der Waals surface area contributed by atoms with Crippen LogP contribution in [-0.4, -0.2) is 24.1 Å². The van der Waals surface area contributed by atoms with Crippen molar-refractivity contribution in [2.75, 3.05) is 0 Å². The van der Waals surface area contributed by atoms with Crippen molar-refractivity contribution in [1.29, 1.82) is 0 Å². The summed E-state index contributed by atoms with van der Waals surface area (Å²) in [7, 11) is 0. The van der Waals surface area contributed by atoms with Crippen molar-refractivity contribution in [3.8, 4) is 0 Å². The molecule has 0 N–H and O–H groups in total. The molecular weight excluding hydrogens is 232 g/mol. The maximum absolute atomic E-state index is 11.4. The van der Waals surface area contributed by atoms with Gasteiger partial charge in [-0.25, -0.2) is 9.59 Å². The Hall–Kier alpha value is -2.10. The predicted octanol–water partition coefficient (Wildman–Crippen LogP) is 2.33. The van der Waals surface area contributed by atoms with E-state index in [0.717, 1.165) is 0 Å². The van der Waals surface area contributed by atoms with E-state index in [1.807, 2.05) is 0 Å². The Morgan fingerprint density at radius 2 is 1.17 bits per heavy atom. The molecule has 18 heavy (non-hydrogen) atoms. The van der Waals surface area contributed by atoms with Crippen LogP contribution in [0.2, 0.25) is 0 Å². The lowest BCUT2D eigenvalue weighted by Crippen LogP contribution is -2.32. The van der Waals surface area contributed by atoms with Gasteiger partial charge in [0.15, 0.2) is 12.2 Å². The van der Waals surface area contributed by atoms with Gasteiger partial charge >= 0.3 is 11.9 Å². The monoisotopic (exact) mass is 250 g/mol. The highest BCUT2D eigenvalue weighted by Gasteiger charge is 2.24. The van der Waals surface area contributed by atoms with Crippen molar-refractivity contribution in [3.05, 3.63) is 49.6 Å². The Balaban J connectivity index is 4.78. The molecule has 0 fully saturated rings. The first-order chi connectivity index (χ1) is 8.33. The van der Waals surface area contributed by atoms with Gasteiger partial charge in [0, 0.05) is 11.1 Å². The second kappa shape index (κ2) is 7.27. The minimum atomic E-state index is -0.810. The van der Waals surface area contributed by atoms with E-state index in [-0.39, 0.29) is 11.1 Å². The molecule has 0 heterocycles. The van der Waals surface area contributed by atoms with E-state index in [9.17, 15) is 9.59 Å². The Labute approximate surface area is 107 Å². The van der Waals surface area contributed by atoms with Gasteiger partial charge in [-0.3, -0.25) is 0 Å². The minimum absolute atomic E-state index is 0.246. The third-order valence-corrected chi connectivity index (χ3v) is 1.97. The molecule has 0 bridgehead atoms. The minimum Gasteiger partial charge on any atom is -0.450 e. The van der Waals surface area contributed by atoms with Crippen LogP contribution >= 0.6 is 0 Å². The summed E-state index contributed by atoms with van der Waals surface area (Å²) < 4.78 is 10.1. The number of hydrogen-bond acceptors (Lipinski definition) is 4. The fourth-order valence-electron chi connectivity index (χ4n) is 0.947. The average Bonchev–Trinajstić information content (AvgIpc) is 2.32. The molecule has 0 aromatic heterocycles. The quantitative estimate of drug-likeness (QED) is 0.395. The maximum atomic E-state index is 11.4. The first-order valence-corrected chi connectivity index (χ1v) is 5.31. The average molecular weight is 250 g/mol. The number of hydrogen-bond donors (Lipinski definition) is 0. The van der Waals surface area contributed by atoms with E-state index in [4.69, 9.17) is 9.47 Å². The first kappa shape index (κ1) is 15.9. The molecule has 0 aliphatic heterocycles. The highest BCUT2D eigenvalue weighted by Crippen LogP contribution is 2.11. The van der Waals surface area contributed by atoms with Crippen LogP contribution in [-0.2, 0) is 19.1 Å². The van der Waals surface area contributed by atoms with Crippen LogP contribution < -0.4 is 0 Å². The smallest absolute Gasteiger partial charge is 0.333 e. The molecule has 0 amide bonds. The molecule has 2 atom stereocenters. The second-order valence-corrected chi connectivity index (χ2v) is 3.77. The fraction of sp³-hybridized carbons (Fsp3) is 0.286. The molecule has 2 unspecified atom stereocenters. The van der Waals surface area contributed by atoms with Gasteiger partial charge in [0.05, 0.1) is 0 Å². The molecule has 0 radical (unpaired) electrons. The van der Waals surface area contributed by atoms with E-state index >= 15 is 0 Å². The molecule has 0 saturated heterocycles. The summed E-state index contributed by atoms with van der Waals surface area (Å²) in [5.74, 6) is -1.17. The lowest BCUT2D eigenvalue weighted by atomic mass is 10.2. The van der Waals surface area contributed by atoms with Crippen LogP contribution in [0.1, 0.15) is 13.8 Å². The van der Waals surface area contributed by atoms with Gasteiger partial charge in [0.1, 0.15) is 0 Å². The van der Waals surface area contributed by atoms with E-state index in [1.54, 1.807) is 0 Å². The summed E-state index contributed by atoms with van der Waals surface area (Å²) in [5.41, 5.74) is 0.492. The summed E-state index contributed by atoms with van der Waals surface area (Å²) in [6.07, 6.45) is 1.10. The molecule has 0 aliphatic rings. The van der Waals surface area contributed by atoms with Crippen molar-refractivity contribution in [2.45, 2.75) is 26.1 Å². The number of carbonyl (C=O) groups excluding carboxylic acids is 2. The van der Waals surface area contributed by atoms with Gasteiger partial charge in [-0.15, -0.1) is 0 Å². The van der Waals surface area contributed by atoms with Gasteiger partial charge in [-0.05, 0) is 26.0 Å². The van der Waals surface area contributed by atoms with Crippen LogP contribution in [0.5, 0.6) is 0 Å². The molecule has 0 spiro atoms. The number of carbonyl (C=O) groups is 2. The van der Waals surface area contributed by atoms with Crippen LogP contribution in [0.15, 0.2) is 49.6 Å². The van der Waals surface area contributed by atoms with E-state index in [1.165, 1.54) is 26.0 Å². The summed E-state index contributed by atoms with van der Waals surface area (Å²) >= 11 is 0.